The number of amides is 1. The van der Waals surface area contributed by atoms with Crippen molar-refractivity contribution >= 4 is 5.91 Å². The zero-order valence-electron chi connectivity index (χ0n) is 13.9. The van der Waals surface area contributed by atoms with Crippen LogP contribution in [-0.4, -0.2) is 85.7 Å². The number of carbonyl (C=O) groups excluding carboxylic acids is 1. The van der Waals surface area contributed by atoms with Crippen LogP contribution in [0.3, 0.4) is 0 Å². The maximum absolute atomic E-state index is 14.2. The topological polar surface area (TPSA) is 64.8 Å². The number of likely N-dealkylation sites (N-methyl/N-ethyl adjacent to an activating group) is 1. The first-order valence-corrected chi connectivity index (χ1v) is 8.58. The fourth-order valence-corrected chi connectivity index (χ4v) is 3.88. The third-order valence-corrected chi connectivity index (χ3v) is 5.36. The average molecular weight is 325 g/mol. The number of nitrogens with zero attached hydrogens (tertiary/aromatic N) is 3. The molecule has 0 bridgehead atoms. The number of nitrogens with one attached hydrogen (secondary N) is 1. The van der Waals surface area contributed by atoms with Gasteiger partial charge in [0, 0.05) is 45.1 Å². The van der Waals surface area contributed by atoms with Crippen LogP contribution in [-0.2, 0) is 4.79 Å². The van der Waals surface area contributed by atoms with Crippen LogP contribution in [0.5, 0.6) is 0 Å². The molecular weight excluding hydrogens is 297 g/mol. The van der Waals surface area contributed by atoms with Gasteiger partial charge >= 0.3 is 0 Å². The van der Waals surface area contributed by atoms with Crippen LogP contribution < -0.4 is 11.1 Å². The molecule has 0 aromatic carbocycles. The van der Waals surface area contributed by atoms with Gasteiger partial charge < -0.3 is 16.0 Å². The molecule has 7 heteroatoms. The third kappa shape index (κ3) is 3.77. The van der Waals surface area contributed by atoms with Crippen molar-refractivity contribution in [2.75, 3.05) is 52.9 Å². The summed E-state index contributed by atoms with van der Waals surface area (Å²) in [5.41, 5.74) is 6.58. The van der Waals surface area contributed by atoms with Crippen molar-refractivity contribution < 1.29 is 9.18 Å². The fourth-order valence-electron chi connectivity index (χ4n) is 3.88. The normalized spacial score (nSPS) is 31.8. The lowest BCUT2D eigenvalue weighted by Crippen LogP contribution is -2.54. The van der Waals surface area contributed by atoms with Gasteiger partial charge in [-0.15, -0.1) is 0 Å². The van der Waals surface area contributed by atoms with Crippen molar-refractivity contribution in [3.63, 3.8) is 0 Å². The Balaban J connectivity index is 1.48. The van der Waals surface area contributed by atoms with Gasteiger partial charge in [-0.2, -0.15) is 0 Å². The number of piperidine rings is 1. The van der Waals surface area contributed by atoms with E-state index in [0.717, 1.165) is 45.6 Å². The maximum Gasteiger partial charge on any atom is 0.236 e. The van der Waals surface area contributed by atoms with Crippen LogP contribution in [0.15, 0.2) is 11.9 Å². The number of halogens is 1. The second-order valence-corrected chi connectivity index (χ2v) is 7.04. The fraction of sp³-hybridized carbons (Fsp3) is 0.812. The Bertz CT molecular complexity index is 463. The van der Waals surface area contributed by atoms with Crippen LogP contribution in [0.25, 0.3) is 0 Å². The Kier molecular flexibility index (Phi) is 5.06. The minimum Gasteiger partial charge on any atom is -0.399 e. The highest BCUT2D eigenvalue weighted by molar-refractivity contribution is 5.78. The number of hydrogen-bond donors (Lipinski definition) is 2. The Hall–Kier alpha value is -1.34. The van der Waals surface area contributed by atoms with Crippen LogP contribution in [0, 0.1) is 5.92 Å². The van der Waals surface area contributed by atoms with Gasteiger partial charge in [-0.1, -0.05) is 0 Å². The summed E-state index contributed by atoms with van der Waals surface area (Å²) >= 11 is 0. The quantitative estimate of drug-likeness (QED) is 0.738. The number of nitrogens with two attached hydrogens (primary N) is 1. The minimum absolute atomic E-state index is 0.210. The van der Waals surface area contributed by atoms with Gasteiger partial charge in [0.2, 0.25) is 5.91 Å². The van der Waals surface area contributed by atoms with E-state index in [1.807, 2.05) is 7.05 Å². The number of rotatable bonds is 3. The van der Waals surface area contributed by atoms with E-state index in [4.69, 9.17) is 5.73 Å². The molecule has 0 spiro atoms. The highest BCUT2D eigenvalue weighted by Gasteiger charge is 2.35. The lowest BCUT2D eigenvalue weighted by Gasteiger charge is -2.42. The molecule has 23 heavy (non-hydrogen) atoms. The van der Waals surface area contributed by atoms with Gasteiger partial charge in [0.15, 0.2) is 0 Å². The Morgan fingerprint density at radius 1 is 1.30 bits per heavy atom. The SMILES string of the molecule is CN1CCN(CC2CCN(C3C(N)=CNCC3F)CC2)CC1=O. The van der Waals surface area contributed by atoms with Gasteiger partial charge in [-0.25, -0.2) is 4.39 Å². The van der Waals surface area contributed by atoms with Crippen LogP contribution in [0.4, 0.5) is 4.39 Å². The molecule has 3 N–H and O–H groups in total. The summed E-state index contributed by atoms with van der Waals surface area (Å²) in [7, 11) is 1.86. The van der Waals surface area contributed by atoms with Crippen LogP contribution in [0.1, 0.15) is 12.8 Å². The molecular formula is C16H28FN5O. The summed E-state index contributed by atoms with van der Waals surface area (Å²) in [5, 5.41) is 2.89. The van der Waals surface area contributed by atoms with Gasteiger partial charge in [-0.05, 0) is 31.8 Å². The molecule has 0 aliphatic carbocycles. The second-order valence-electron chi connectivity index (χ2n) is 7.04. The molecule has 2 saturated heterocycles. The monoisotopic (exact) mass is 325 g/mol. The number of likely N-dealkylation sites (tertiary alicyclic amines) is 1. The zero-order valence-corrected chi connectivity index (χ0v) is 13.9. The van der Waals surface area contributed by atoms with Crippen molar-refractivity contribution in [3.8, 4) is 0 Å². The third-order valence-electron chi connectivity index (χ3n) is 5.36. The van der Waals surface area contributed by atoms with E-state index >= 15 is 0 Å². The predicted molar refractivity (Wildman–Crippen MR) is 87.3 cm³/mol. The first kappa shape index (κ1) is 16.5. The smallest absolute Gasteiger partial charge is 0.236 e. The van der Waals surface area contributed by atoms with Crippen molar-refractivity contribution in [1.82, 2.24) is 20.0 Å². The summed E-state index contributed by atoms with van der Waals surface area (Å²) in [6.07, 6.45) is 2.89. The van der Waals surface area contributed by atoms with Crippen LogP contribution in [0.2, 0.25) is 0 Å². The summed E-state index contributed by atoms with van der Waals surface area (Å²) in [5.74, 6) is 0.800. The molecule has 2 unspecified atom stereocenters. The summed E-state index contributed by atoms with van der Waals surface area (Å²) in [4.78, 5) is 18.0. The molecule has 3 aliphatic rings. The van der Waals surface area contributed by atoms with Gasteiger partial charge in [-0.3, -0.25) is 14.6 Å². The summed E-state index contributed by atoms with van der Waals surface area (Å²) in [6, 6.07) is -0.276. The van der Waals surface area contributed by atoms with Crippen molar-refractivity contribution in [3.05, 3.63) is 11.9 Å². The zero-order chi connectivity index (χ0) is 16.4. The molecule has 3 rings (SSSR count). The van der Waals surface area contributed by atoms with E-state index in [9.17, 15) is 9.18 Å². The Labute approximate surface area is 137 Å². The molecule has 130 valence electrons. The molecule has 3 heterocycles. The Morgan fingerprint density at radius 3 is 2.70 bits per heavy atom. The van der Waals surface area contributed by atoms with Crippen molar-refractivity contribution in [2.45, 2.75) is 25.1 Å². The van der Waals surface area contributed by atoms with E-state index in [0.29, 0.717) is 24.7 Å². The molecule has 2 atom stereocenters. The molecule has 3 aliphatic heterocycles. The maximum atomic E-state index is 14.2. The highest BCUT2D eigenvalue weighted by Crippen LogP contribution is 2.25. The average Bonchev–Trinajstić information content (AvgIpc) is 2.52. The first-order chi connectivity index (χ1) is 11.0. The molecule has 0 radical (unpaired) electrons. The predicted octanol–water partition coefficient (Wildman–Crippen LogP) is -0.418. The largest absolute Gasteiger partial charge is 0.399 e. The summed E-state index contributed by atoms with van der Waals surface area (Å²) < 4.78 is 14.2. The Morgan fingerprint density at radius 2 is 2.04 bits per heavy atom. The lowest BCUT2D eigenvalue weighted by atomic mass is 9.93. The van der Waals surface area contributed by atoms with Crippen LogP contribution >= 0.6 is 0 Å². The first-order valence-electron chi connectivity index (χ1n) is 8.58. The van der Waals surface area contributed by atoms with E-state index in [2.05, 4.69) is 15.1 Å². The number of alkyl halides is 1. The van der Waals surface area contributed by atoms with Crippen molar-refractivity contribution in [1.29, 1.82) is 0 Å². The van der Waals surface area contributed by atoms with E-state index in [-0.39, 0.29) is 11.9 Å². The standard InChI is InChI=1S/C16H28FN5O/c1-20-6-7-21(11-15(20)23)10-12-2-4-22(5-3-12)16-13(17)8-19-9-14(16)18/h9,12-13,16,19H,2-8,10-11,18H2,1H3. The summed E-state index contributed by atoms with van der Waals surface area (Å²) in [6.45, 7) is 5.39. The van der Waals surface area contributed by atoms with E-state index < -0.39 is 6.17 Å². The minimum atomic E-state index is -0.938. The number of carbonyl (C=O) groups is 1. The van der Waals surface area contributed by atoms with E-state index in [1.54, 1.807) is 11.1 Å². The van der Waals surface area contributed by atoms with Crippen molar-refractivity contribution in [2.24, 2.45) is 11.7 Å². The number of piperazine rings is 1. The number of hydrogen-bond acceptors (Lipinski definition) is 5. The molecule has 6 nitrogen and oxygen atoms in total. The van der Waals surface area contributed by atoms with Gasteiger partial charge in [0.25, 0.3) is 0 Å². The highest BCUT2D eigenvalue weighted by atomic mass is 19.1. The molecule has 0 aromatic rings. The molecule has 1 amide bonds. The second kappa shape index (κ2) is 7.05. The van der Waals surface area contributed by atoms with Gasteiger partial charge in [0.05, 0.1) is 12.6 Å². The molecule has 2 fully saturated rings. The lowest BCUT2D eigenvalue weighted by molar-refractivity contribution is -0.134. The van der Waals surface area contributed by atoms with Gasteiger partial charge in [0.1, 0.15) is 6.17 Å². The molecule has 0 saturated carbocycles. The van der Waals surface area contributed by atoms with E-state index in [1.165, 1.54) is 0 Å². The molecule has 0 aromatic heterocycles.